The molecule has 4 heteroatoms. The van der Waals surface area contributed by atoms with E-state index in [9.17, 15) is 4.79 Å². The fraction of sp³-hybridized carbons (Fsp3) is 0.211. The van der Waals surface area contributed by atoms with Crippen LogP contribution in [-0.4, -0.2) is 22.6 Å². The lowest BCUT2D eigenvalue weighted by Gasteiger charge is -2.20. The van der Waals surface area contributed by atoms with E-state index in [0.717, 1.165) is 12.1 Å². The highest BCUT2D eigenvalue weighted by Gasteiger charge is 2.08. The third-order valence-electron chi connectivity index (χ3n) is 3.57. The van der Waals surface area contributed by atoms with Crippen LogP contribution < -0.4 is 5.48 Å². The molecule has 0 aliphatic heterocycles. The van der Waals surface area contributed by atoms with Gasteiger partial charge in [-0.15, -0.1) is 6.42 Å². The lowest BCUT2D eigenvalue weighted by molar-refractivity contribution is 0.0706. The van der Waals surface area contributed by atoms with Crippen molar-refractivity contribution < 1.29 is 10.0 Å². The number of hydrogen-bond donors (Lipinski definition) is 2. The first kappa shape index (κ1) is 16.8. The van der Waals surface area contributed by atoms with Gasteiger partial charge in [0.15, 0.2) is 0 Å². The maximum absolute atomic E-state index is 11.3. The summed E-state index contributed by atoms with van der Waals surface area (Å²) in [6.45, 7) is 4.07. The summed E-state index contributed by atoms with van der Waals surface area (Å²) in [5, 5.41) is 8.63. The van der Waals surface area contributed by atoms with Crippen molar-refractivity contribution in [2.75, 3.05) is 6.54 Å². The van der Waals surface area contributed by atoms with E-state index >= 15 is 0 Å². The number of nitrogens with one attached hydrogen (secondary N) is 1. The first-order valence-corrected chi connectivity index (χ1v) is 7.37. The second-order valence-electron chi connectivity index (χ2n) is 5.47. The Labute approximate surface area is 136 Å². The summed E-state index contributed by atoms with van der Waals surface area (Å²) in [7, 11) is 0. The van der Waals surface area contributed by atoms with Crippen LogP contribution >= 0.6 is 0 Å². The van der Waals surface area contributed by atoms with Crippen LogP contribution in [0.3, 0.4) is 0 Å². The van der Waals surface area contributed by atoms with Crippen molar-refractivity contribution in [2.24, 2.45) is 0 Å². The van der Waals surface area contributed by atoms with Gasteiger partial charge in [0.2, 0.25) is 0 Å². The number of terminal acetylenes is 1. The fourth-order valence-electron chi connectivity index (χ4n) is 2.33. The molecule has 0 saturated carbocycles. The molecule has 0 aliphatic rings. The predicted molar refractivity (Wildman–Crippen MR) is 89.8 cm³/mol. The zero-order chi connectivity index (χ0) is 16.7. The Hall–Kier alpha value is -2.61. The van der Waals surface area contributed by atoms with E-state index in [1.807, 2.05) is 12.1 Å². The first-order valence-electron chi connectivity index (χ1n) is 7.37. The molecule has 4 nitrogen and oxygen atoms in total. The van der Waals surface area contributed by atoms with Crippen LogP contribution in [0.25, 0.3) is 0 Å². The summed E-state index contributed by atoms with van der Waals surface area (Å²) in [6, 6.07) is 15.5. The summed E-state index contributed by atoms with van der Waals surface area (Å²) in [5.41, 5.74) is 5.54. The highest BCUT2D eigenvalue weighted by molar-refractivity contribution is 5.93. The van der Waals surface area contributed by atoms with E-state index in [1.165, 1.54) is 11.1 Å². The second-order valence-corrected chi connectivity index (χ2v) is 5.47. The third-order valence-corrected chi connectivity index (χ3v) is 3.57. The van der Waals surface area contributed by atoms with Gasteiger partial charge in [-0.1, -0.05) is 47.9 Å². The Morgan fingerprint density at radius 3 is 2.09 bits per heavy atom. The van der Waals surface area contributed by atoms with E-state index in [-0.39, 0.29) is 0 Å². The molecule has 0 spiro atoms. The Bertz CT molecular complexity index is 685. The standard InChI is InChI=1S/C19H20N2O2/c1-3-12-21(13-16-6-4-15(2)5-7-16)14-17-8-10-18(11-9-17)19(22)20-23/h1,4-11,23H,12-14H2,2H3,(H,20,22). The third kappa shape index (κ3) is 4.96. The molecule has 2 aromatic carbocycles. The van der Waals surface area contributed by atoms with Gasteiger partial charge in [0, 0.05) is 18.7 Å². The van der Waals surface area contributed by atoms with Gasteiger partial charge in [0.05, 0.1) is 6.54 Å². The van der Waals surface area contributed by atoms with Crippen LogP contribution in [0, 0.1) is 19.3 Å². The SMILES string of the molecule is C#CCN(Cc1ccc(C)cc1)Cc1ccc(C(=O)NO)cc1. The highest BCUT2D eigenvalue weighted by Crippen LogP contribution is 2.12. The Kier molecular flexibility index (Phi) is 5.93. The van der Waals surface area contributed by atoms with Gasteiger partial charge in [0.1, 0.15) is 0 Å². The van der Waals surface area contributed by atoms with Gasteiger partial charge in [-0.2, -0.15) is 0 Å². The predicted octanol–water partition coefficient (Wildman–Crippen LogP) is 2.75. The zero-order valence-corrected chi connectivity index (χ0v) is 13.1. The minimum atomic E-state index is -0.517. The van der Waals surface area contributed by atoms with Crippen molar-refractivity contribution in [3.8, 4) is 12.3 Å². The molecule has 23 heavy (non-hydrogen) atoms. The summed E-state index contributed by atoms with van der Waals surface area (Å²) >= 11 is 0. The van der Waals surface area contributed by atoms with Crippen molar-refractivity contribution in [3.63, 3.8) is 0 Å². The highest BCUT2D eigenvalue weighted by atomic mass is 16.5. The molecule has 2 N–H and O–H groups in total. The van der Waals surface area contributed by atoms with Crippen LogP contribution in [0.2, 0.25) is 0 Å². The van der Waals surface area contributed by atoms with Gasteiger partial charge in [-0.3, -0.25) is 14.9 Å². The van der Waals surface area contributed by atoms with Gasteiger partial charge >= 0.3 is 0 Å². The number of carbonyl (C=O) groups is 1. The number of amides is 1. The molecule has 118 valence electrons. The second kappa shape index (κ2) is 8.14. The quantitative estimate of drug-likeness (QED) is 0.490. The molecule has 0 heterocycles. The lowest BCUT2D eigenvalue weighted by Crippen LogP contribution is -2.23. The smallest absolute Gasteiger partial charge is 0.274 e. The summed E-state index contributed by atoms with van der Waals surface area (Å²) in [5.74, 6) is 2.17. The van der Waals surface area contributed by atoms with E-state index in [0.29, 0.717) is 18.7 Å². The van der Waals surface area contributed by atoms with Crippen LogP contribution in [-0.2, 0) is 13.1 Å². The zero-order valence-electron chi connectivity index (χ0n) is 13.1. The maximum atomic E-state index is 11.3. The number of carbonyl (C=O) groups excluding carboxylic acids is 1. The van der Waals surface area contributed by atoms with Crippen LogP contribution in [0.4, 0.5) is 0 Å². The summed E-state index contributed by atoms with van der Waals surface area (Å²) in [6.07, 6.45) is 5.47. The fourth-order valence-corrected chi connectivity index (χ4v) is 2.33. The summed E-state index contributed by atoms with van der Waals surface area (Å²) in [4.78, 5) is 13.5. The van der Waals surface area contributed by atoms with Crippen molar-refractivity contribution in [2.45, 2.75) is 20.0 Å². The number of hydrogen-bond acceptors (Lipinski definition) is 3. The van der Waals surface area contributed by atoms with Crippen molar-refractivity contribution in [1.82, 2.24) is 10.4 Å². The number of benzene rings is 2. The molecule has 0 aliphatic carbocycles. The van der Waals surface area contributed by atoms with Crippen LogP contribution in [0.15, 0.2) is 48.5 Å². The Morgan fingerprint density at radius 1 is 1.09 bits per heavy atom. The van der Waals surface area contributed by atoms with E-state index in [1.54, 1.807) is 17.6 Å². The van der Waals surface area contributed by atoms with Gasteiger partial charge in [-0.05, 0) is 30.2 Å². The number of aryl methyl sites for hydroxylation is 1. The van der Waals surface area contributed by atoms with Crippen LogP contribution in [0.5, 0.6) is 0 Å². The van der Waals surface area contributed by atoms with Crippen molar-refractivity contribution in [3.05, 3.63) is 70.8 Å². The van der Waals surface area contributed by atoms with Crippen molar-refractivity contribution >= 4 is 5.91 Å². The number of hydroxylamine groups is 1. The molecule has 1 amide bonds. The van der Waals surface area contributed by atoms with Gasteiger partial charge in [-0.25, -0.2) is 5.48 Å². The van der Waals surface area contributed by atoms with Gasteiger partial charge in [0.25, 0.3) is 5.91 Å². The molecule has 0 bridgehead atoms. The minimum absolute atomic E-state index is 0.415. The van der Waals surface area contributed by atoms with E-state index in [4.69, 9.17) is 11.6 Å². The minimum Gasteiger partial charge on any atom is -0.288 e. The molecule has 0 fully saturated rings. The molecule has 0 saturated heterocycles. The Balaban J connectivity index is 2.05. The molecular formula is C19H20N2O2. The molecular weight excluding hydrogens is 288 g/mol. The molecule has 2 rings (SSSR count). The van der Waals surface area contributed by atoms with Crippen molar-refractivity contribution in [1.29, 1.82) is 0 Å². The van der Waals surface area contributed by atoms with E-state index in [2.05, 4.69) is 42.0 Å². The monoisotopic (exact) mass is 308 g/mol. The summed E-state index contributed by atoms with van der Waals surface area (Å²) < 4.78 is 0. The molecule has 2 aromatic rings. The van der Waals surface area contributed by atoms with Gasteiger partial charge < -0.3 is 0 Å². The number of rotatable bonds is 6. The maximum Gasteiger partial charge on any atom is 0.274 e. The molecule has 0 aromatic heterocycles. The Morgan fingerprint density at radius 2 is 1.61 bits per heavy atom. The molecule has 0 atom stereocenters. The van der Waals surface area contributed by atoms with Crippen LogP contribution in [0.1, 0.15) is 27.0 Å². The average molecular weight is 308 g/mol. The largest absolute Gasteiger partial charge is 0.288 e. The topological polar surface area (TPSA) is 52.6 Å². The molecule has 0 radical (unpaired) electrons. The average Bonchev–Trinajstić information content (AvgIpc) is 2.57. The number of nitrogens with zero attached hydrogens (tertiary/aromatic N) is 1. The van der Waals surface area contributed by atoms with E-state index < -0.39 is 5.91 Å². The molecule has 0 unspecified atom stereocenters. The normalized spacial score (nSPS) is 10.3. The lowest BCUT2D eigenvalue weighted by atomic mass is 10.1. The first-order chi connectivity index (χ1) is 11.1.